The van der Waals surface area contributed by atoms with Crippen LogP contribution in [0.3, 0.4) is 0 Å². The molecule has 0 spiro atoms. The maximum Gasteiger partial charge on any atom is 0.214 e. The van der Waals surface area contributed by atoms with E-state index in [-0.39, 0.29) is 18.0 Å². The summed E-state index contributed by atoms with van der Waals surface area (Å²) < 4.78 is 68.1. The zero-order chi connectivity index (χ0) is 25.0. The third kappa shape index (κ3) is 8.38. The normalized spacial score (nSPS) is 14.0. The molecular weight excluding hydrogens is 490 g/mol. The van der Waals surface area contributed by atoms with Crippen molar-refractivity contribution in [2.24, 2.45) is 0 Å². The van der Waals surface area contributed by atoms with Crippen molar-refractivity contribution in [3.05, 3.63) is 59.1 Å². The molecule has 1 saturated heterocycles. The molecule has 2 aromatic carbocycles. The quantitative estimate of drug-likeness (QED) is 0.337. The van der Waals surface area contributed by atoms with Crippen molar-refractivity contribution in [2.75, 3.05) is 29.7 Å². The smallest absolute Gasteiger partial charge is 0.214 e. The van der Waals surface area contributed by atoms with Crippen LogP contribution < -0.4 is 4.31 Å². The van der Waals surface area contributed by atoms with Gasteiger partial charge in [0.05, 0.1) is 16.3 Å². The van der Waals surface area contributed by atoms with E-state index < -0.39 is 32.6 Å². The molecule has 1 unspecified atom stereocenters. The van der Waals surface area contributed by atoms with E-state index >= 15 is 0 Å². The van der Waals surface area contributed by atoms with Crippen molar-refractivity contribution in [3.8, 4) is 12.8 Å². The Balaban J connectivity index is 0.00000129. The molecule has 1 heterocycles. The summed E-state index contributed by atoms with van der Waals surface area (Å²) in [7, 11) is -5.10. The van der Waals surface area contributed by atoms with Crippen molar-refractivity contribution < 1.29 is 21.4 Å². The number of terminal acetylenes is 1. The van der Waals surface area contributed by atoms with Gasteiger partial charge in [-0.2, -0.15) is 0 Å². The molecule has 5 nitrogen and oxygen atoms in total. The zero-order valence-electron chi connectivity index (χ0n) is 18.7. The number of benzene rings is 2. The van der Waals surface area contributed by atoms with Gasteiger partial charge in [0, 0.05) is 30.7 Å². The topological polar surface area (TPSA) is 57.7 Å². The average molecular weight is 519 g/mol. The monoisotopic (exact) mass is 518 g/mol. The van der Waals surface area contributed by atoms with Gasteiger partial charge in [0.25, 0.3) is 0 Å². The Kier molecular flexibility index (Phi) is 12.6. The number of hydrogen-bond acceptors (Lipinski definition) is 3. The fraction of sp³-hybridized carbons (Fsp3) is 0.391. The number of rotatable bonds is 9. The highest BCUT2D eigenvalue weighted by Gasteiger charge is 2.27. The molecule has 0 radical (unpaired) electrons. The summed E-state index contributed by atoms with van der Waals surface area (Å²) in [6.07, 6.45) is 9.54. The van der Waals surface area contributed by atoms with Crippen LogP contribution in [0.2, 0.25) is 5.02 Å². The summed E-state index contributed by atoms with van der Waals surface area (Å²) in [4.78, 5) is 0.381. The SMILES string of the molecule is C#C.CC.O=S(c1ccc(Cl)cc1)N(CCCCS(=O)(=O)N1CCC1)c1cc(F)ccc1F. The number of hydrogen-bond donors (Lipinski definition) is 0. The molecule has 3 rings (SSSR count). The number of halogens is 3. The van der Waals surface area contributed by atoms with E-state index in [9.17, 15) is 21.4 Å². The van der Waals surface area contributed by atoms with E-state index in [0.717, 1.165) is 24.6 Å². The maximum absolute atomic E-state index is 14.4. The van der Waals surface area contributed by atoms with E-state index in [0.29, 0.717) is 35.8 Å². The third-order valence-electron chi connectivity index (χ3n) is 4.61. The predicted octanol–water partition coefficient (Wildman–Crippen LogP) is 5.24. The van der Waals surface area contributed by atoms with Gasteiger partial charge in [-0.05, 0) is 55.7 Å². The lowest BCUT2D eigenvalue weighted by Crippen LogP contribution is -2.43. The summed E-state index contributed by atoms with van der Waals surface area (Å²) in [6.45, 7) is 5.19. The largest absolute Gasteiger partial charge is 0.285 e. The third-order valence-corrected chi connectivity index (χ3v) is 8.28. The molecular formula is C23H29ClF2N2O3S2. The Morgan fingerprint density at radius 1 is 1.06 bits per heavy atom. The Morgan fingerprint density at radius 3 is 2.21 bits per heavy atom. The molecule has 10 heteroatoms. The fourth-order valence-corrected chi connectivity index (χ4v) is 5.89. The van der Waals surface area contributed by atoms with Gasteiger partial charge in [0.1, 0.15) is 11.6 Å². The summed E-state index contributed by atoms with van der Waals surface area (Å²) in [5.41, 5.74) is -0.135. The molecule has 0 aromatic heterocycles. The lowest BCUT2D eigenvalue weighted by Gasteiger charge is -2.30. The lowest BCUT2D eigenvalue weighted by atomic mass is 10.2. The van der Waals surface area contributed by atoms with Crippen LogP contribution in [0.1, 0.15) is 33.1 Å². The van der Waals surface area contributed by atoms with E-state index in [2.05, 4.69) is 12.8 Å². The molecule has 0 aliphatic carbocycles. The molecule has 0 saturated carbocycles. The number of nitrogens with zero attached hydrogens (tertiary/aromatic N) is 2. The minimum atomic E-state index is -3.29. The van der Waals surface area contributed by atoms with E-state index in [1.54, 1.807) is 24.3 Å². The van der Waals surface area contributed by atoms with Crippen molar-refractivity contribution in [1.82, 2.24) is 4.31 Å². The van der Waals surface area contributed by atoms with Crippen LogP contribution in [0, 0.1) is 24.5 Å². The molecule has 1 fully saturated rings. The Labute approximate surface area is 203 Å². The van der Waals surface area contributed by atoms with Gasteiger partial charge in [-0.1, -0.05) is 25.4 Å². The van der Waals surface area contributed by atoms with Crippen molar-refractivity contribution in [2.45, 2.75) is 38.0 Å². The summed E-state index contributed by atoms with van der Waals surface area (Å²) in [5.74, 6) is -1.39. The molecule has 1 aliphatic rings. The van der Waals surface area contributed by atoms with Gasteiger partial charge in [0.15, 0.2) is 11.0 Å². The minimum Gasteiger partial charge on any atom is -0.285 e. The molecule has 182 valence electrons. The average Bonchev–Trinajstić information content (AvgIpc) is 2.77. The molecule has 1 atom stereocenters. The van der Waals surface area contributed by atoms with Gasteiger partial charge in [-0.3, -0.25) is 4.31 Å². The van der Waals surface area contributed by atoms with Crippen molar-refractivity contribution in [1.29, 1.82) is 0 Å². The first-order valence-electron chi connectivity index (χ1n) is 10.5. The number of sulfonamides is 1. The molecule has 33 heavy (non-hydrogen) atoms. The van der Waals surface area contributed by atoms with E-state index in [1.807, 2.05) is 13.8 Å². The molecule has 0 bridgehead atoms. The first kappa shape index (κ1) is 29.0. The van der Waals surface area contributed by atoms with Gasteiger partial charge in [0.2, 0.25) is 10.0 Å². The summed E-state index contributed by atoms with van der Waals surface area (Å²) >= 11 is 5.86. The molecule has 0 N–H and O–H groups in total. The Bertz CT molecular complexity index is 1030. The van der Waals surface area contributed by atoms with Crippen LogP contribution >= 0.6 is 11.6 Å². The van der Waals surface area contributed by atoms with Crippen LogP contribution in [0.4, 0.5) is 14.5 Å². The number of unbranched alkanes of at least 4 members (excludes halogenated alkanes) is 1. The van der Waals surface area contributed by atoms with E-state index in [4.69, 9.17) is 11.6 Å². The van der Waals surface area contributed by atoms with Crippen LogP contribution in [-0.4, -0.2) is 42.3 Å². The van der Waals surface area contributed by atoms with E-state index in [1.165, 1.54) is 8.61 Å². The first-order valence-corrected chi connectivity index (χ1v) is 13.6. The summed E-state index contributed by atoms with van der Waals surface area (Å²) in [5, 5.41) is 0.463. The highest BCUT2D eigenvalue weighted by molar-refractivity contribution is 7.89. The second kappa shape index (κ2) is 14.3. The minimum absolute atomic E-state index is 0.0277. The van der Waals surface area contributed by atoms with Crippen molar-refractivity contribution >= 4 is 38.3 Å². The Morgan fingerprint density at radius 2 is 1.67 bits per heavy atom. The molecule has 0 amide bonds. The maximum atomic E-state index is 14.4. The highest BCUT2D eigenvalue weighted by atomic mass is 35.5. The second-order valence-corrected chi connectivity index (χ2v) is 10.6. The van der Waals surface area contributed by atoms with Crippen LogP contribution in [0.15, 0.2) is 47.4 Å². The van der Waals surface area contributed by atoms with Crippen molar-refractivity contribution in [3.63, 3.8) is 0 Å². The predicted molar refractivity (Wildman–Crippen MR) is 132 cm³/mol. The van der Waals surface area contributed by atoms with Gasteiger partial charge in [-0.15, -0.1) is 12.8 Å². The Hall–Kier alpha value is -1.99. The van der Waals surface area contributed by atoms with Crippen LogP contribution in [0.5, 0.6) is 0 Å². The fourth-order valence-electron chi connectivity index (χ4n) is 2.88. The van der Waals surface area contributed by atoms with Crippen LogP contribution in [-0.2, 0) is 21.0 Å². The molecule has 2 aromatic rings. The van der Waals surface area contributed by atoms with Gasteiger partial charge < -0.3 is 0 Å². The van der Waals surface area contributed by atoms with Gasteiger partial charge in [-0.25, -0.2) is 25.7 Å². The standard InChI is InChI=1S/C19H21ClF2N2O3S2.C2H6.C2H2/c20-15-4-7-17(8-5-15)28(25)24(19-14-16(21)6-9-18(19)22)12-1-2-13-29(26,27)23-10-3-11-23;2*1-2/h4-9,14H,1-3,10-13H2;1-2H3;1-2H. The molecule has 1 aliphatic heterocycles. The highest BCUT2D eigenvalue weighted by Crippen LogP contribution is 2.26. The zero-order valence-corrected chi connectivity index (χ0v) is 21.1. The number of anilines is 1. The second-order valence-electron chi connectivity index (χ2n) is 6.68. The van der Waals surface area contributed by atoms with Crippen LogP contribution in [0.25, 0.3) is 0 Å². The summed E-state index contributed by atoms with van der Waals surface area (Å²) in [6, 6.07) is 9.18. The first-order chi connectivity index (χ1) is 15.8. The lowest BCUT2D eigenvalue weighted by molar-refractivity contribution is 0.309. The van der Waals surface area contributed by atoms with Gasteiger partial charge >= 0.3 is 0 Å².